The van der Waals surface area contributed by atoms with E-state index in [1.54, 1.807) is 12.1 Å². The van der Waals surface area contributed by atoms with Crippen LogP contribution in [0.2, 0.25) is 0 Å². The largest absolute Gasteiger partial charge is 0.479 e. The number of carboxylic acid groups (broad SMARTS) is 1. The van der Waals surface area contributed by atoms with Gasteiger partial charge in [-0.05, 0) is 43.3 Å². The minimum absolute atomic E-state index is 0.0304. The number of alkyl halides is 3. The van der Waals surface area contributed by atoms with E-state index < -0.39 is 40.0 Å². The van der Waals surface area contributed by atoms with Gasteiger partial charge in [-0.3, -0.25) is 14.9 Å². The van der Waals surface area contributed by atoms with E-state index in [0.29, 0.717) is 0 Å². The van der Waals surface area contributed by atoms with Gasteiger partial charge in [-0.25, -0.2) is 9.78 Å². The van der Waals surface area contributed by atoms with Gasteiger partial charge in [0.2, 0.25) is 0 Å². The lowest BCUT2D eigenvalue weighted by molar-refractivity contribution is -0.386. The lowest BCUT2D eigenvalue weighted by atomic mass is 10.1. The molecule has 194 valence electrons. The minimum Gasteiger partial charge on any atom is -0.479 e. The Balaban J connectivity index is 1.84. The number of nitro groups is 1. The number of carbonyl (C=O) groups is 1. The fourth-order valence-electron chi connectivity index (χ4n) is 3.47. The molecule has 1 aromatic heterocycles. The van der Waals surface area contributed by atoms with Crippen LogP contribution in [0.3, 0.4) is 0 Å². The van der Waals surface area contributed by atoms with Gasteiger partial charge in [0.1, 0.15) is 0 Å². The maximum atomic E-state index is 13.3. The normalized spacial score (nSPS) is 12.5. The van der Waals surface area contributed by atoms with E-state index in [1.165, 1.54) is 43.3 Å². The summed E-state index contributed by atoms with van der Waals surface area (Å²) in [4.78, 5) is 39.4. The number of para-hydroxylation sites is 1. The van der Waals surface area contributed by atoms with Gasteiger partial charge in [0.15, 0.2) is 17.7 Å². The predicted octanol–water partition coefficient (Wildman–Crippen LogP) is 4.72. The van der Waals surface area contributed by atoms with Gasteiger partial charge in [-0.1, -0.05) is 24.3 Å². The molecule has 0 saturated heterocycles. The molecule has 38 heavy (non-hydrogen) atoms. The molecule has 13 heteroatoms. The number of nitro benzene ring substituents is 1. The highest BCUT2D eigenvalue weighted by atomic mass is 19.4. The van der Waals surface area contributed by atoms with E-state index in [-0.39, 0.29) is 33.6 Å². The van der Waals surface area contributed by atoms with E-state index >= 15 is 0 Å². The molecule has 0 fully saturated rings. The third-order valence-electron chi connectivity index (χ3n) is 5.36. The van der Waals surface area contributed by atoms with Crippen molar-refractivity contribution in [1.29, 1.82) is 0 Å². The van der Waals surface area contributed by atoms with Crippen molar-refractivity contribution in [3.63, 3.8) is 0 Å². The molecule has 0 aliphatic carbocycles. The lowest BCUT2D eigenvalue weighted by Crippen LogP contribution is -2.23. The van der Waals surface area contributed by atoms with Crippen molar-refractivity contribution in [2.75, 3.05) is 0 Å². The number of ether oxygens (including phenoxy) is 1. The molecule has 4 rings (SSSR count). The van der Waals surface area contributed by atoms with Crippen LogP contribution in [0.1, 0.15) is 18.1 Å². The molecule has 0 radical (unpaired) electrons. The maximum absolute atomic E-state index is 13.3. The molecule has 3 aromatic carbocycles. The third kappa shape index (κ3) is 5.36. The smallest absolute Gasteiger partial charge is 0.416 e. The Morgan fingerprint density at radius 2 is 1.89 bits per heavy atom. The number of aliphatic carboxylic acids is 1. The number of benzene rings is 3. The molecule has 0 spiro atoms. The third-order valence-corrected chi connectivity index (χ3v) is 5.36. The Morgan fingerprint density at radius 3 is 2.58 bits per heavy atom. The predicted molar refractivity (Wildman–Crippen MR) is 130 cm³/mol. The molecule has 0 saturated carbocycles. The van der Waals surface area contributed by atoms with Gasteiger partial charge in [-0.2, -0.15) is 22.9 Å². The average molecular weight is 526 g/mol. The van der Waals surface area contributed by atoms with Gasteiger partial charge >= 0.3 is 17.8 Å². The number of carboxylic acids is 1. The summed E-state index contributed by atoms with van der Waals surface area (Å²) in [5, 5.41) is 24.8. The fraction of sp³-hybridized carbons (Fsp3) is 0.120. The Kier molecular flexibility index (Phi) is 6.93. The Hall–Kier alpha value is -5.07. The van der Waals surface area contributed by atoms with E-state index in [0.717, 1.165) is 29.1 Å². The average Bonchev–Trinajstić information content (AvgIpc) is 2.88. The van der Waals surface area contributed by atoms with Crippen LogP contribution in [0.4, 0.5) is 18.9 Å². The number of halogens is 3. The number of hydrogen-bond acceptors (Lipinski definition) is 7. The second-order valence-electron chi connectivity index (χ2n) is 7.98. The molecule has 4 aromatic rings. The zero-order valence-corrected chi connectivity index (χ0v) is 19.4. The molecule has 1 atom stereocenters. The van der Waals surface area contributed by atoms with Crippen LogP contribution in [-0.2, 0) is 11.0 Å². The summed E-state index contributed by atoms with van der Waals surface area (Å²) in [5.74, 6) is -1.80. The zero-order chi connectivity index (χ0) is 27.6. The summed E-state index contributed by atoms with van der Waals surface area (Å²) in [5.41, 5.74) is -1.84. The van der Waals surface area contributed by atoms with Crippen LogP contribution in [-0.4, -0.2) is 38.0 Å². The standard InChI is InChI=1S/C25H17F3N4O6/c1-14(24(34)35)38-21-10-9-15(11-20(21)32(36)37)13-29-31-22(16-5-4-6-17(12-16)25(26,27)28)30-19-8-3-2-7-18(19)23(31)33/h2-14H,1H3,(H,34,35)/t14-/m1/s1. The molecule has 0 amide bonds. The molecule has 0 aliphatic rings. The number of fused-ring (bicyclic) bond motifs is 1. The molecule has 0 unspecified atom stereocenters. The van der Waals surface area contributed by atoms with E-state index in [9.17, 15) is 32.9 Å². The number of nitrogens with zero attached hydrogens (tertiary/aromatic N) is 4. The quantitative estimate of drug-likeness (QED) is 0.209. The summed E-state index contributed by atoms with van der Waals surface area (Å²) >= 11 is 0. The number of rotatable bonds is 7. The van der Waals surface area contributed by atoms with Gasteiger partial charge < -0.3 is 9.84 Å². The van der Waals surface area contributed by atoms with Crippen molar-refractivity contribution in [3.05, 3.63) is 98.3 Å². The van der Waals surface area contributed by atoms with Crippen molar-refractivity contribution >= 4 is 28.8 Å². The van der Waals surface area contributed by atoms with Gasteiger partial charge in [-0.15, -0.1) is 0 Å². The molecule has 1 heterocycles. The van der Waals surface area contributed by atoms with Crippen molar-refractivity contribution < 1.29 is 32.7 Å². The molecule has 0 bridgehead atoms. The fourth-order valence-corrected chi connectivity index (χ4v) is 3.47. The van der Waals surface area contributed by atoms with Crippen molar-refractivity contribution in [3.8, 4) is 17.1 Å². The van der Waals surface area contributed by atoms with Crippen LogP contribution >= 0.6 is 0 Å². The maximum Gasteiger partial charge on any atom is 0.416 e. The van der Waals surface area contributed by atoms with E-state index in [4.69, 9.17) is 9.84 Å². The Bertz CT molecular complexity index is 1650. The number of hydrogen-bond donors (Lipinski definition) is 1. The molecule has 10 nitrogen and oxygen atoms in total. The van der Waals surface area contributed by atoms with Crippen molar-refractivity contribution in [1.82, 2.24) is 9.66 Å². The van der Waals surface area contributed by atoms with E-state index in [1.807, 2.05) is 0 Å². The Labute approximate surface area is 211 Å². The molecular formula is C25H17F3N4O6. The summed E-state index contributed by atoms with van der Waals surface area (Å²) < 4.78 is 45.9. The first-order valence-corrected chi connectivity index (χ1v) is 10.9. The molecular weight excluding hydrogens is 509 g/mol. The zero-order valence-electron chi connectivity index (χ0n) is 19.4. The van der Waals surface area contributed by atoms with Crippen LogP contribution in [0.5, 0.6) is 5.75 Å². The lowest BCUT2D eigenvalue weighted by Gasteiger charge is -2.12. The topological polar surface area (TPSA) is 137 Å². The summed E-state index contributed by atoms with van der Waals surface area (Å²) in [7, 11) is 0. The summed E-state index contributed by atoms with van der Waals surface area (Å²) in [6.07, 6.45) is -4.90. The van der Waals surface area contributed by atoms with Gasteiger partial charge in [0.05, 0.1) is 27.6 Å². The highest BCUT2D eigenvalue weighted by Crippen LogP contribution is 2.32. The van der Waals surface area contributed by atoms with Crippen molar-refractivity contribution in [2.24, 2.45) is 5.10 Å². The highest BCUT2D eigenvalue weighted by molar-refractivity contribution is 5.83. The van der Waals surface area contributed by atoms with Crippen LogP contribution in [0.25, 0.3) is 22.3 Å². The van der Waals surface area contributed by atoms with Crippen LogP contribution in [0, 0.1) is 10.1 Å². The summed E-state index contributed by atoms with van der Waals surface area (Å²) in [6.45, 7) is 1.20. The Morgan fingerprint density at radius 1 is 1.16 bits per heavy atom. The summed E-state index contributed by atoms with van der Waals surface area (Å²) in [6, 6.07) is 14.0. The SMILES string of the molecule is C[C@@H](Oc1ccc(C=Nn2c(-c3cccc(C(F)(F)F)c3)nc3ccccc3c2=O)cc1[N+](=O)[O-])C(=O)O. The monoisotopic (exact) mass is 526 g/mol. The van der Waals surface area contributed by atoms with Crippen LogP contribution in [0.15, 0.2) is 76.6 Å². The van der Waals surface area contributed by atoms with Crippen molar-refractivity contribution in [2.45, 2.75) is 19.2 Å². The first-order chi connectivity index (χ1) is 18.0. The van der Waals surface area contributed by atoms with Gasteiger partial charge in [0.25, 0.3) is 5.56 Å². The van der Waals surface area contributed by atoms with Gasteiger partial charge in [0, 0.05) is 17.2 Å². The first-order valence-electron chi connectivity index (χ1n) is 10.9. The second-order valence-corrected chi connectivity index (χ2v) is 7.98. The minimum atomic E-state index is -4.64. The first kappa shape index (κ1) is 26.0. The number of aromatic nitrogens is 2. The molecule has 1 N–H and O–H groups in total. The second kappa shape index (κ2) is 10.1. The van der Waals surface area contributed by atoms with E-state index in [2.05, 4.69) is 10.1 Å². The highest BCUT2D eigenvalue weighted by Gasteiger charge is 2.31. The molecule has 0 aliphatic heterocycles. The van der Waals surface area contributed by atoms with Crippen LogP contribution < -0.4 is 10.3 Å².